The standard InChI is InChI=1S/C15H13ClN4O2/c1-9-17-15(22-19-9)13-6-12-8-21-14(7-20(12)18-13)10-2-4-11(16)5-3-10/h2-6,14H,7-8H2,1H3/t14-/m0/s1. The average Bonchev–Trinajstić information content (AvgIpc) is 3.13. The van der Waals surface area contributed by atoms with Gasteiger partial charge in [-0.25, -0.2) is 0 Å². The summed E-state index contributed by atoms with van der Waals surface area (Å²) in [6.07, 6.45) is -0.0399. The molecular weight excluding hydrogens is 304 g/mol. The summed E-state index contributed by atoms with van der Waals surface area (Å²) in [4.78, 5) is 4.20. The van der Waals surface area contributed by atoms with E-state index in [4.69, 9.17) is 20.9 Å². The van der Waals surface area contributed by atoms with Gasteiger partial charge in [0.15, 0.2) is 11.5 Å². The summed E-state index contributed by atoms with van der Waals surface area (Å²) in [5, 5.41) is 9.05. The molecule has 2 aromatic heterocycles. The number of aromatic nitrogens is 4. The van der Waals surface area contributed by atoms with Crippen LogP contribution in [0.4, 0.5) is 0 Å². The Morgan fingerprint density at radius 1 is 1.27 bits per heavy atom. The zero-order valence-corrected chi connectivity index (χ0v) is 12.6. The van der Waals surface area contributed by atoms with Gasteiger partial charge in [-0.2, -0.15) is 10.1 Å². The number of rotatable bonds is 2. The molecule has 1 aromatic carbocycles. The minimum atomic E-state index is -0.0399. The maximum atomic E-state index is 5.92. The highest BCUT2D eigenvalue weighted by molar-refractivity contribution is 6.30. The topological polar surface area (TPSA) is 66.0 Å². The van der Waals surface area contributed by atoms with Gasteiger partial charge in [0, 0.05) is 5.02 Å². The quantitative estimate of drug-likeness (QED) is 0.726. The molecule has 0 saturated carbocycles. The first-order chi connectivity index (χ1) is 10.7. The SMILES string of the molecule is Cc1noc(-c2cc3n(n2)C[C@@H](c2ccc(Cl)cc2)OC3)n1. The lowest BCUT2D eigenvalue weighted by molar-refractivity contribution is -0.00112. The van der Waals surface area contributed by atoms with Crippen LogP contribution in [-0.4, -0.2) is 19.9 Å². The molecule has 7 heteroatoms. The van der Waals surface area contributed by atoms with Gasteiger partial charge in [-0.1, -0.05) is 28.9 Å². The van der Waals surface area contributed by atoms with Gasteiger partial charge in [0.2, 0.25) is 0 Å². The van der Waals surface area contributed by atoms with Crippen LogP contribution in [0.2, 0.25) is 5.02 Å². The fourth-order valence-electron chi connectivity index (χ4n) is 2.51. The van der Waals surface area contributed by atoms with Crippen LogP contribution >= 0.6 is 11.6 Å². The van der Waals surface area contributed by atoms with Gasteiger partial charge >= 0.3 is 0 Å². The summed E-state index contributed by atoms with van der Waals surface area (Å²) in [5.41, 5.74) is 2.76. The summed E-state index contributed by atoms with van der Waals surface area (Å²) in [5.74, 6) is 1.03. The predicted octanol–water partition coefficient (Wildman–Crippen LogP) is 3.17. The van der Waals surface area contributed by atoms with Gasteiger partial charge < -0.3 is 9.26 Å². The Morgan fingerprint density at radius 3 is 2.82 bits per heavy atom. The van der Waals surface area contributed by atoms with Crippen LogP contribution < -0.4 is 0 Å². The Hall–Kier alpha value is -2.18. The zero-order chi connectivity index (χ0) is 15.1. The predicted molar refractivity (Wildman–Crippen MR) is 79.2 cm³/mol. The number of benzene rings is 1. The second kappa shape index (κ2) is 5.23. The van der Waals surface area contributed by atoms with Crippen LogP contribution in [0.5, 0.6) is 0 Å². The van der Waals surface area contributed by atoms with Crippen molar-refractivity contribution in [1.29, 1.82) is 0 Å². The van der Waals surface area contributed by atoms with Crippen LogP contribution in [-0.2, 0) is 17.9 Å². The number of halogens is 1. The van der Waals surface area contributed by atoms with Crippen molar-refractivity contribution >= 4 is 11.6 Å². The van der Waals surface area contributed by atoms with E-state index in [1.54, 1.807) is 6.92 Å². The van der Waals surface area contributed by atoms with Gasteiger partial charge in [0.1, 0.15) is 6.10 Å². The molecule has 0 bridgehead atoms. The van der Waals surface area contributed by atoms with E-state index in [1.807, 2.05) is 35.0 Å². The monoisotopic (exact) mass is 316 g/mol. The Kier molecular flexibility index (Phi) is 3.20. The fraction of sp³-hybridized carbons (Fsp3) is 0.267. The molecule has 0 unspecified atom stereocenters. The molecule has 4 rings (SSSR count). The molecule has 0 aliphatic carbocycles. The number of hydrogen-bond donors (Lipinski definition) is 0. The molecule has 1 atom stereocenters. The molecule has 1 aliphatic heterocycles. The molecule has 0 fully saturated rings. The van der Waals surface area contributed by atoms with Gasteiger partial charge in [-0.3, -0.25) is 4.68 Å². The van der Waals surface area contributed by atoms with Gasteiger partial charge in [0.05, 0.1) is 18.8 Å². The minimum absolute atomic E-state index is 0.0399. The summed E-state index contributed by atoms with van der Waals surface area (Å²) >= 11 is 5.92. The molecule has 22 heavy (non-hydrogen) atoms. The van der Waals surface area contributed by atoms with Crippen molar-refractivity contribution in [3.8, 4) is 11.6 Å². The molecule has 0 saturated heterocycles. The first-order valence-corrected chi connectivity index (χ1v) is 7.31. The van der Waals surface area contributed by atoms with E-state index < -0.39 is 0 Å². The second-order valence-corrected chi connectivity index (χ2v) is 5.64. The van der Waals surface area contributed by atoms with E-state index in [0.29, 0.717) is 35.6 Å². The Bertz CT molecular complexity index is 809. The highest BCUT2D eigenvalue weighted by atomic mass is 35.5. The maximum Gasteiger partial charge on any atom is 0.278 e. The van der Waals surface area contributed by atoms with Crippen LogP contribution in [0.3, 0.4) is 0 Å². The van der Waals surface area contributed by atoms with E-state index in [0.717, 1.165) is 11.3 Å². The minimum Gasteiger partial charge on any atom is -0.365 e. The molecule has 0 N–H and O–H groups in total. The summed E-state index contributed by atoms with van der Waals surface area (Å²) in [7, 11) is 0. The van der Waals surface area contributed by atoms with E-state index >= 15 is 0 Å². The van der Waals surface area contributed by atoms with Crippen LogP contribution in [0.1, 0.15) is 23.2 Å². The number of ether oxygens (including phenoxy) is 1. The lowest BCUT2D eigenvalue weighted by atomic mass is 10.1. The first-order valence-electron chi connectivity index (χ1n) is 6.93. The Balaban J connectivity index is 1.61. The highest BCUT2D eigenvalue weighted by Gasteiger charge is 2.24. The van der Waals surface area contributed by atoms with Crippen LogP contribution in [0.25, 0.3) is 11.6 Å². The maximum absolute atomic E-state index is 5.92. The largest absolute Gasteiger partial charge is 0.365 e. The normalized spacial score (nSPS) is 17.5. The van der Waals surface area contributed by atoms with Crippen molar-refractivity contribution in [2.75, 3.05) is 0 Å². The van der Waals surface area contributed by atoms with E-state index in [2.05, 4.69) is 15.2 Å². The lowest BCUT2D eigenvalue weighted by Gasteiger charge is -2.24. The number of nitrogens with zero attached hydrogens (tertiary/aromatic N) is 4. The lowest BCUT2D eigenvalue weighted by Crippen LogP contribution is -2.21. The fourth-order valence-corrected chi connectivity index (χ4v) is 2.64. The summed E-state index contributed by atoms with van der Waals surface area (Å²) in [6, 6.07) is 9.61. The van der Waals surface area contributed by atoms with E-state index in [9.17, 15) is 0 Å². The number of hydrogen-bond acceptors (Lipinski definition) is 5. The molecule has 3 aromatic rings. The zero-order valence-electron chi connectivity index (χ0n) is 11.9. The molecule has 0 spiro atoms. The molecular formula is C15H13ClN4O2. The second-order valence-electron chi connectivity index (χ2n) is 5.20. The van der Waals surface area contributed by atoms with Crippen LogP contribution in [0, 0.1) is 6.92 Å². The average molecular weight is 317 g/mol. The molecule has 0 radical (unpaired) electrons. The third-order valence-electron chi connectivity index (χ3n) is 3.62. The first kappa shape index (κ1) is 13.5. The van der Waals surface area contributed by atoms with E-state index in [-0.39, 0.29) is 6.10 Å². The van der Waals surface area contributed by atoms with Crippen molar-refractivity contribution in [1.82, 2.24) is 19.9 Å². The molecule has 3 heterocycles. The van der Waals surface area contributed by atoms with Crippen LogP contribution in [0.15, 0.2) is 34.9 Å². The molecule has 112 valence electrons. The smallest absolute Gasteiger partial charge is 0.278 e. The van der Waals surface area contributed by atoms with Crippen molar-refractivity contribution in [2.45, 2.75) is 26.2 Å². The van der Waals surface area contributed by atoms with Crippen molar-refractivity contribution in [3.05, 3.63) is 52.4 Å². The highest BCUT2D eigenvalue weighted by Crippen LogP contribution is 2.29. The van der Waals surface area contributed by atoms with Crippen molar-refractivity contribution in [3.63, 3.8) is 0 Å². The van der Waals surface area contributed by atoms with Gasteiger partial charge in [-0.05, 0) is 30.7 Å². The van der Waals surface area contributed by atoms with Gasteiger partial charge in [-0.15, -0.1) is 0 Å². The van der Waals surface area contributed by atoms with Crippen molar-refractivity contribution in [2.24, 2.45) is 0 Å². The number of fused-ring (bicyclic) bond motifs is 1. The Morgan fingerprint density at radius 2 is 2.09 bits per heavy atom. The Labute approximate surface area is 131 Å². The number of aryl methyl sites for hydroxylation is 1. The third-order valence-corrected chi connectivity index (χ3v) is 3.87. The summed E-state index contributed by atoms with van der Waals surface area (Å²) < 4.78 is 13.0. The van der Waals surface area contributed by atoms with Crippen molar-refractivity contribution < 1.29 is 9.26 Å². The molecule has 6 nitrogen and oxygen atoms in total. The molecule has 0 amide bonds. The third kappa shape index (κ3) is 2.40. The molecule has 1 aliphatic rings. The summed E-state index contributed by atoms with van der Waals surface area (Å²) in [6.45, 7) is 2.92. The van der Waals surface area contributed by atoms with E-state index in [1.165, 1.54) is 0 Å². The van der Waals surface area contributed by atoms with Gasteiger partial charge in [0.25, 0.3) is 5.89 Å².